The number of amides is 2. The van der Waals surface area contributed by atoms with Gasteiger partial charge >= 0.3 is 0 Å². The molecule has 2 aromatic rings. The smallest absolute Gasteiger partial charge is 0.261 e. The molecule has 0 saturated carbocycles. The first-order valence-corrected chi connectivity index (χ1v) is 10.8. The lowest BCUT2D eigenvalue weighted by molar-refractivity contribution is -0.116. The fourth-order valence-electron chi connectivity index (χ4n) is 3.20. The van der Waals surface area contributed by atoms with E-state index >= 15 is 0 Å². The summed E-state index contributed by atoms with van der Waals surface area (Å²) in [7, 11) is 0. The second kappa shape index (κ2) is 10.6. The minimum atomic E-state index is -0.0326. The van der Waals surface area contributed by atoms with E-state index in [1.807, 2.05) is 48.7 Å². The molecular weight excluding hydrogens is 386 g/mol. The van der Waals surface area contributed by atoms with Gasteiger partial charge in [-0.3, -0.25) is 14.6 Å². The number of benzene rings is 1. The normalized spacial score (nSPS) is 16.0. The van der Waals surface area contributed by atoms with E-state index in [1.54, 1.807) is 0 Å². The Morgan fingerprint density at radius 2 is 2.00 bits per heavy atom. The number of guanidine groups is 1. The minimum absolute atomic E-state index is 0.0309. The molecule has 4 N–H and O–H groups in total. The monoisotopic (exact) mass is 413 g/mol. The van der Waals surface area contributed by atoms with E-state index in [0.717, 1.165) is 35.1 Å². The number of hydrogen-bond acceptors (Lipinski definition) is 4. The number of carbonyl (C=O) groups is 2. The Kier molecular flexibility index (Phi) is 7.63. The predicted molar refractivity (Wildman–Crippen MR) is 118 cm³/mol. The van der Waals surface area contributed by atoms with Crippen LogP contribution in [0.2, 0.25) is 0 Å². The van der Waals surface area contributed by atoms with E-state index in [0.29, 0.717) is 26.1 Å². The van der Waals surface area contributed by atoms with Gasteiger partial charge in [-0.2, -0.15) is 0 Å². The van der Waals surface area contributed by atoms with Crippen LogP contribution in [0.25, 0.3) is 0 Å². The third-order valence-corrected chi connectivity index (χ3v) is 5.47. The molecule has 7 nitrogen and oxygen atoms in total. The van der Waals surface area contributed by atoms with E-state index in [-0.39, 0.29) is 17.7 Å². The molecular formula is C21H27N5O2S. The Bertz CT molecular complexity index is 851. The molecule has 8 heteroatoms. The first-order chi connectivity index (χ1) is 14.2. The van der Waals surface area contributed by atoms with Crippen LogP contribution in [0, 0.1) is 0 Å². The molecule has 1 aliphatic rings. The van der Waals surface area contributed by atoms with Crippen molar-refractivity contribution in [1.29, 1.82) is 0 Å². The van der Waals surface area contributed by atoms with E-state index in [4.69, 9.17) is 0 Å². The van der Waals surface area contributed by atoms with Crippen molar-refractivity contribution >= 4 is 34.8 Å². The van der Waals surface area contributed by atoms with Crippen molar-refractivity contribution in [3.8, 4) is 0 Å². The number of thiophene rings is 1. The summed E-state index contributed by atoms with van der Waals surface area (Å²) in [5.41, 5.74) is 2.01. The highest BCUT2D eigenvalue weighted by Gasteiger charge is 2.24. The minimum Gasteiger partial charge on any atom is -0.357 e. The maximum absolute atomic E-state index is 12.0. The Labute approximate surface area is 175 Å². The maximum atomic E-state index is 12.0. The molecule has 1 aliphatic heterocycles. The number of nitrogens with zero attached hydrogens (tertiary/aromatic N) is 1. The largest absolute Gasteiger partial charge is 0.357 e. The zero-order chi connectivity index (χ0) is 20.5. The SMILES string of the molecule is CCNC(=NCC1CC(=O)Nc2ccccc21)NCCCNC(=O)c1cccs1. The summed E-state index contributed by atoms with van der Waals surface area (Å²) in [6.45, 7) is 4.59. The molecule has 154 valence electrons. The Balaban J connectivity index is 1.47. The second-order valence-corrected chi connectivity index (χ2v) is 7.72. The van der Waals surface area contributed by atoms with Crippen LogP contribution in [0.1, 0.15) is 40.9 Å². The Morgan fingerprint density at radius 3 is 2.79 bits per heavy atom. The van der Waals surface area contributed by atoms with Gasteiger partial charge in [0.15, 0.2) is 5.96 Å². The summed E-state index contributed by atoms with van der Waals surface area (Å²) < 4.78 is 0. The van der Waals surface area contributed by atoms with Gasteiger partial charge in [-0.1, -0.05) is 24.3 Å². The average Bonchev–Trinajstić information content (AvgIpc) is 3.26. The third kappa shape index (κ3) is 6.05. The van der Waals surface area contributed by atoms with E-state index in [2.05, 4.69) is 26.3 Å². The molecule has 0 spiro atoms. The van der Waals surface area contributed by atoms with Crippen molar-refractivity contribution in [1.82, 2.24) is 16.0 Å². The lowest BCUT2D eigenvalue weighted by atomic mass is 9.91. The second-order valence-electron chi connectivity index (χ2n) is 6.77. The summed E-state index contributed by atoms with van der Waals surface area (Å²) in [5.74, 6) is 0.791. The van der Waals surface area contributed by atoms with E-state index in [9.17, 15) is 9.59 Å². The van der Waals surface area contributed by atoms with Crippen molar-refractivity contribution < 1.29 is 9.59 Å². The fourth-order valence-corrected chi connectivity index (χ4v) is 3.84. The maximum Gasteiger partial charge on any atom is 0.261 e. The molecule has 0 aliphatic carbocycles. The number of rotatable bonds is 8. The van der Waals surface area contributed by atoms with Gasteiger partial charge in [0.05, 0.1) is 11.4 Å². The summed E-state index contributed by atoms with van der Waals surface area (Å²) in [6, 6.07) is 11.6. The van der Waals surface area contributed by atoms with Crippen LogP contribution in [-0.4, -0.2) is 44.0 Å². The molecule has 0 saturated heterocycles. The van der Waals surface area contributed by atoms with Crippen LogP contribution in [0.4, 0.5) is 5.69 Å². The highest BCUT2D eigenvalue weighted by molar-refractivity contribution is 7.12. The van der Waals surface area contributed by atoms with E-state index < -0.39 is 0 Å². The summed E-state index contributed by atoms with van der Waals surface area (Å²) >= 11 is 1.44. The lowest BCUT2D eigenvalue weighted by Crippen LogP contribution is -2.39. The van der Waals surface area contributed by atoms with Crippen LogP contribution in [0.3, 0.4) is 0 Å². The number of nitrogens with one attached hydrogen (secondary N) is 4. The number of aliphatic imine (C=N–C) groups is 1. The molecule has 1 aromatic carbocycles. The molecule has 0 bridgehead atoms. The summed E-state index contributed by atoms with van der Waals surface area (Å²) in [4.78, 5) is 29.3. The highest BCUT2D eigenvalue weighted by Crippen LogP contribution is 2.31. The molecule has 3 rings (SSSR count). The third-order valence-electron chi connectivity index (χ3n) is 4.60. The van der Waals surface area contributed by atoms with Crippen molar-refractivity contribution in [2.24, 2.45) is 4.99 Å². The van der Waals surface area contributed by atoms with Gasteiger partial charge in [-0.05, 0) is 36.4 Å². The van der Waals surface area contributed by atoms with Crippen molar-refractivity contribution in [3.63, 3.8) is 0 Å². The van der Waals surface area contributed by atoms with Gasteiger partial charge in [-0.15, -0.1) is 11.3 Å². The van der Waals surface area contributed by atoms with Crippen LogP contribution < -0.4 is 21.3 Å². The Morgan fingerprint density at radius 1 is 1.17 bits per heavy atom. The molecule has 2 amide bonds. The molecule has 0 radical (unpaired) electrons. The number of anilines is 1. The molecule has 1 atom stereocenters. The molecule has 0 fully saturated rings. The van der Waals surface area contributed by atoms with Crippen molar-refractivity contribution in [3.05, 3.63) is 52.2 Å². The zero-order valence-electron chi connectivity index (χ0n) is 16.5. The molecule has 1 aromatic heterocycles. The van der Waals surface area contributed by atoms with Gasteiger partial charge in [-0.25, -0.2) is 0 Å². The number of para-hydroxylation sites is 1. The van der Waals surface area contributed by atoms with Crippen LogP contribution in [0.15, 0.2) is 46.8 Å². The quantitative estimate of drug-likeness (QED) is 0.304. The zero-order valence-corrected chi connectivity index (χ0v) is 17.3. The van der Waals surface area contributed by atoms with E-state index in [1.165, 1.54) is 11.3 Å². The van der Waals surface area contributed by atoms with Gasteiger partial charge in [0.25, 0.3) is 5.91 Å². The predicted octanol–water partition coefficient (Wildman–Crippen LogP) is 2.55. The topological polar surface area (TPSA) is 94.6 Å². The Hall–Kier alpha value is -2.87. The molecule has 29 heavy (non-hydrogen) atoms. The van der Waals surface area contributed by atoms with Crippen LogP contribution >= 0.6 is 11.3 Å². The average molecular weight is 414 g/mol. The first-order valence-electron chi connectivity index (χ1n) is 9.90. The number of carbonyl (C=O) groups excluding carboxylic acids is 2. The van der Waals surface area contributed by atoms with Crippen LogP contribution in [0.5, 0.6) is 0 Å². The number of fused-ring (bicyclic) bond motifs is 1. The molecule has 2 heterocycles. The lowest BCUT2D eigenvalue weighted by Gasteiger charge is -2.24. The summed E-state index contributed by atoms with van der Waals surface area (Å²) in [6.07, 6.45) is 1.23. The highest BCUT2D eigenvalue weighted by atomic mass is 32.1. The fraction of sp³-hybridized carbons (Fsp3) is 0.381. The first kappa shape index (κ1) is 20.9. The van der Waals surface area contributed by atoms with Gasteiger partial charge in [0.1, 0.15) is 0 Å². The van der Waals surface area contributed by atoms with Gasteiger partial charge in [0, 0.05) is 37.7 Å². The van der Waals surface area contributed by atoms with Crippen molar-refractivity contribution in [2.75, 3.05) is 31.5 Å². The van der Waals surface area contributed by atoms with Crippen molar-refractivity contribution in [2.45, 2.75) is 25.7 Å². The van der Waals surface area contributed by atoms with Crippen LogP contribution in [-0.2, 0) is 4.79 Å². The standard InChI is InChI=1S/C21H27N5O2S/c1-2-22-21(24-11-6-10-23-20(28)18-9-5-12-29-18)25-14-15-13-19(27)26-17-8-4-3-7-16(15)17/h3-5,7-9,12,15H,2,6,10-11,13-14H2,1H3,(H,23,28)(H,26,27)(H2,22,24,25). The number of hydrogen-bond donors (Lipinski definition) is 4. The summed E-state index contributed by atoms with van der Waals surface area (Å²) in [5, 5.41) is 14.3. The van der Waals surface area contributed by atoms with Gasteiger partial charge < -0.3 is 21.3 Å². The molecule has 1 unspecified atom stereocenters. The van der Waals surface area contributed by atoms with Gasteiger partial charge in [0.2, 0.25) is 5.91 Å².